The molecule has 1 aliphatic rings. The summed E-state index contributed by atoms with van der Waals surface area (Å²) in [6.07, 6.45) is 3.03. The maximum atomic E-state index is 13.6. The van der Waals surface area contributed by atoms with Crippen LogP contribution in [0, 0.1) is 17.0 Å². The summed E-state index contributed by atoms with van der Waals surface area (Å²) < 4.78 is 45.6. The summed E-state index contributed by atoms with van der Waals surface area (Å²) in [4.78, 5) is 11.7. The molecule has 3 unspecified atom stereocenters. The molecule has 1 heterocycles. The second-order valence-electron chi connectivity index (χ2n) is 9.80. The third-order valence-corrected chi connectivity index (χ3v) is 5.47. The molecule has 0 saturated carbocycles. The fourth-order valence-electron chi connectivity index (χ4n) is 4.04. The number of nitrogens with one attached hydrogen (secondary N) is 2. The number of benzene rings is 2. The van der Waals surface area contributed by atoms with Gasteiger partial charge in [-0.1, -0.05) is 32.9 Å². The Kier molecular flexibility index (Phi) is 8.38. The molecular formula is C26H31F3N2O3. The van der Waals surface area contributed by atoms with Crippen molar-refractivity contribution in [1.29, 1.82) is 0 Å². The third-order valence-electron chi connectivity index (χ3n) is 5.47. The molecule has 0 radical (unpaired) electrons. The van der Waals surface area contributed by atoms with Crippen molar-refractivity contribution < 1.29 is 27.8 Å². The van der Waals surface area contributed by atoms with E-state index in [1.165, 1.54) is 0 Å². The van der Waals surface area contributed by atoms with Gasteiger partial charge in [-0.25, -0.2) is 13.2 Å². The van der Waals surface area contributed by atoms with Crippen molar-refractivity contribution in [2.24, 2.45) is 5.41 Å². The van der Waals surface area contributed by atoms with E-state index in [1.54, 1.807) is 6.26 Å². The van der Waals surface area contributed by atoms with E-state index < -0.39 is 36.4 Å². The highest BCUT2D eigenvalue weighted by molar-refractivity contribution is 5.77. The molecular weight excluding hydrogens is 445 g/mol. The Morgan fingerprint density at radius 3 is 2.47 bits per heavy atom. The fourth-order valence-corrected chi connectivity index (χ4v) is 4.04. The van der Waals surface area contributed by atoms with Crippen LogP contribution in [0.15, 0.2) is 48.7 Å². The van der Waals surface area contributed by atoms with Crippen LogP contribution in [0.5, 0.6) is 5.75 Å². The first-order chi connectivity index (χ1) is 16.0. The molecule has 0 saturated heterocycles. The lowest BCUT2D eigenvalue weighted by atomic mass is 9.87. The highest BCUT2D eigenvalue weighted by Gasteiger charge is 2.25. The summed E-state index contributed by atoms with van der Waals surface area (Å²) in [5.41, 5.74) is 2.41. The molecule has 5 nitrogen and oxygen atoms in total. The standard InChI is InChI=1S/C26H31F3N2O3/c1-26(2,3)13-16-4-5-24-20(10-16)21(6-7-34-24)30-15-23(32)22(31-25(33)14-27)11-17-8-18(28)12-19(29)9-17/h4-10,12,21-23,30,32H,11,13-15H2,1-3H3,(H,31,33). The second kappa shape index (κ2) is 11.1. The number of aliphatic hydroxyl groups is 1. The smallest absolute Gasteiger partial charge is 0.251 e. The first-order valence-electron chi connectivity index (χ1n) is 11.2. The minimum absolute atomic E-state index is 0.0347. The van der Waals surface area contributed by atoms with Gasteiger partial charge in [0.05, 0.1) is 24.4 Å². The Labute approximate surface area is 198 Å². The zero-order valence-electron chi connectivity index (χ0n) is 19.6. The number of hydrogen-bond donors (Lipinski definition) is 3. The Bertz CT molecular complexity index is 1020. The van der Waals surface area contributed by atoms with Crippen molar-refractivity contribution in [2.75, 3.05) is 13.2 Å². The van der Waals surface area contributed by atoms with Gasteiger partial charge in [-0.15, -0.1) is 0 Å². The molecule has 1 amide bonds. The summed E-state index contributed by atoms with van der Waals surface area (Å²) >= 11 is 0. The molecule has 0 spiro atoms. The second-order valence-corrected chi connectivity index (χ2v) is 9.80. The van der Waals surface area contributed by atoms with Gasteiger partial charge < -0.3 is 20.5 Å². The number of amides is 1. The number of aliphatic hydroxyl groups excluding tert-OH is 1. The number of fused-ring (bicyclic) bond motifs is 1. The van der Waals surface area contributed by atoms with Gasteiger partial charge in [0.1, 0.15) is 17.4 Å². The highest BCUT2D eigenvalue weighted by atomic mass is 19.1. The number of carbonyl (C=O) groups is 1. The fraction of sp³-hybridized carbons (Fsp3) is 0.423. The van der Waals surface area contributed by atoms with E-state index in [1.807, 2.05) is 18.2 Å². The van der Waals surface area contributed by atoms with Crippen molar-refractivity contribution in [2.45, 2.75) is 51.8 Å². The molecule has 8 heteroatoms. The number of alkyl halides is 1. The van der Waals surface area contributed by atoms with E-state index in [2.05, 4.69) is 37.5 Å². The van der Waals surface area contributed by atoms with Crippen LogP contribution >= 0.6 is 0 Å². The van der Waals surface area contributed by atoms with E-state index in [0.717, 1.165) is 35.7 Å². The van der Waals surface area contributed by atoms with Gasteiger partial charge in [0.2, 0.25) is 0 Å². The molecule has 2 aromatic carbocycles. The minimum atomic E-state index is -1.26. The SMILES string of the molecule is CC(C)(C)Cc1ccc2c(c1)C(NCC(O)C(Cc1cc(F)cc(F)c1)NC(=O)CF)C=CO2. The monoisotopic (exact) mass is 476 g/mol. The summed E-state index contributed by atoms with van der Waals surface area (Å²) in [5, 5.41) is 16.4. The average Bonchev–Trinajstić information content (AvgIpc) is 2.75. The predicted molar refractivity (Wildman–Crippen MR) is 124 cm³/mol. The van der Waals surface area contributed by atoms with Crippen LogP contribution in [0.1, 0.15) is 43.5 Å². The molecule has 0 fully saturated rings. The van der Waals surface area contributed by atoms with Crippen LogP contribution in [-0.4, -0.2) is 36.4 Å². The molecule has 34 heavy (non-hydrogen) atoms. The van der Waals surface area contributed by atoms with E-state index >= 15 is 0 Å². The molecule has 3 rings (SSSR count). The van der Waals surface area contributed by atoms with Crippen LogP contribution in [0.2, 0.25) is 0 Å². The van der Waals surface area contributed by atoms with E-state index in [0.29, 0.717) is 5.75 Å². The van der Waals surface area contributed by atoms with Gasteiger partial charge in [-0.05, 0) is 53.7 Å². The largest absolute Gasteiger partial charge is 0.465 e. The quantitative estimate of drug-likeness (QED) is 0.509. The third kappa shape index (κ3) is 7.33. The predicted octanol–water partition coefficient (Wildman–Crippen LogP) is 4.15. The van der Waals surface area contributed by atoms with Crippen LogP contribution in [0.4, 0.5) is 13.2 Å². The summed E-state index contributed by atoms with van der Waals surface area (Å²) in [7, 11) is 0. The van der Waals surface area contributed by atoms with Gasteiger partial charge in [-0.2, -0.15) is 0 Å². The molecule has 0 aliphatic carbocycles. The van der Waals surface area contributed by atoms with Gasteiger partial charge in [-0.3, -0.25) is 4.79 Å². The lowest BCUT2D eigenvalue weighted by molar-refractivity contribution is -0.123. The number of rotatable bonds is 9. The van der Waals surface area contributed by atoms with Gasteiger partial charge in [0.15, 0.2) is 6.67 Å². The maximum Gasteiger partial charge on any atom is 0.251 e. The van der Waals surface area contributed by atoms with E-state index in [-0.39, 0.29) is 30.0 Å². The number of hydrogen-bond acceptors (Lipinski definition) is 4. The number of ether oxygens (including phenoxy) is 1. The molecule has 2 aromatic rings. The van der Waals surface area contributed by atoms with Crippen molar-refractivity contribution in [3.05, 3.63) is 77.1 Å². The first-order valence-corrected chi connectivity index (χ1v) is 11.2. The molecule has 3 atom stereocenters. The van der Waals surface area contributed by atoms with Crippen molar-refractivity contribution >= 4 is 5.91 Å². The van der Waals surface area contributed by atoms with Crippen LogP contribution in [-0.2, 0) is 17.6 Å². The normalized spacial score (nSPS) is 17.0. The Morgan fingerprint density at radius 2 is 1.82 bits per heavy atom. The van der Waals surface area contributed by atoms with Gasteiger partial charge >= 0.3 is 0 Å². The molecule has 1 aliphatic heterocycles. The summed E-state index contributed by atoms with van der Waals surface area (Å²) in [5.74, 6) is -1.75. The van der Waals surface area contributed by atoms with Crippen LogP contribution in [0.25, 0.3) is 0 Å². The summed E-state index contributed by atoms with van der Waals surface area (Å²) in [6.45, 7) is 5.25. The van der Waals surface area contributed by atoms with Crippen molar-refractivity contribution in [3.8, 4) is 5.75 Å². The van der Waals surface area contributed by atoms with Crippen molar-refractivity contribution in [1.82, 2.24) is 10.6 Å². The lowest BCUT2D eigenvalue weighted by Crippen LogP contribution is -2.49. The topological polar surface area (TPSA) is 70.6 Å². The van der Waals surface area contributed by atoms with E-state index in [9.17, 15) is 23.1 Å². The van der Waals surface area contributed by atoms with Crippen LogP contribution < -0.4 is 15.4 Å². The van der Waals surface area contributed by atoms with E-state index in [4.69, 9.17) is 4.74 Å². The number of halogens is 3. The van der Waals surface area contributed by atoms with Gasteiger partial charge in [0.25, 0.3) is 5.91 Å². The Balaban J connectivity index is 1.73. The van der Waals surface area contributed by atoms with Crippen LogP contribution in [0.3, 0.4) is 0 Å². The molecule has 0 aromatic heterocycles. The molecule has 0 bridgehead atoms. The Hall–Kier alpha value is -2.84. The summed E-state index contributed by atoms with van der Waals surface area (Å²) in [6, 6.07) is 7.75. The number of carbonyl (C=O) groups excluding carboxylic acids is 1. The minimum Gasteiger partial charge on any atom is -0.465 e. The first kappa shape index (κ1) is 25.8. The zero-order chi connectivity index (χ0) is 24.9. The van der Waals surface area contributed by atoms with Crippen molar-refractivity contribution in [3.63, 3.8) is 0 Å². The lowest BCUT2D eigenvalue weighted by Gasteiger charge is -2.28. The highest BCUT2D eigenvalue weighted by Crippen LogP contribution is 2.33. The maximum absolute atomic E-state index is 13.6. The molecule has 3 N–H and O–H groups in total. The average molecular weight is 477 g/mol. The Morgan fingerprint density at radius 1 is 1.12 bits per heavy atom. The molecule has 184 valence electrons. The zero-order valence-corrected chi connectivity index (χ0v) is 19.6. The van der Waals surface area contributed by atoms with Gasteiger partial charge in [0, 0.05) is 18.2 Å².